The summed E-state index contributed by atoms with van der Waals surface area (Å²) in [4.78, 5) is 16.8. The van der Waals surface area contributed by atoms with Crippen molar-refractivity contribution in [2.45, 2.75) is 26.9 Å². The zero-order chi connectivity index (χ0) is 14.5. The molecule has 1 N–H and O–H groups in total. The highest BCUT2D eigenvalue weighted by atomic mass is 35.5. The molecular formula is C12H14ClN5O2. The van der Waals surface area contributed by atoms with E-state index in [9.17, 15) is 4.79 Å². The fourth-order valence-electron chi connectivity index (χ4n) is 1.52. The Morgan fingerprint density at radius 1 is 1.55 bits per heavy atom. The standard InChI is InChI=1S/C12H14ClN5O2/c1-3-8(2)15-20-7-9-10(13)5-4-6-11(9)18-12(19)14-16-17-18/h4-6H,3,7H2,1-2H3,(H,14,17,19). The maximum Gasteiger partial charge on any atom is 0.365 e. The van der Waals surface area contributed by atoms with E-state index in [2.05, 4.69) is 20.7 Å². The molecule has 0 aliphatic heterocycles. The Morgan fingerprint density at radius 3 is 3.00 bits per heavy atom. The minimum atomic E-state index is -0.443. The lowest BCUT2D eigenvalue weighted by molar-refractivity contribution is 0.129. The first-order valence-corrected chi connectivity index (χ1v) is 6.44. The quantitative estimate of drug-likeness (QED) is 0.674. The molecule has 0 unspecified atom stereocenters. The van der Waals surface area contributed by atoms with Crippen LogP contribution in [-0.2, 0) is 11.4 Å². The number of aromatic amines is 1. The van der Waals surface area contributed by atoms with E-state index in [-0.39, 0.29) is 6.61 Å². The molecule has 0 saturated heterocycles. The van der Waals surface area contributed by atoms with Crippen molar-refractivity contribution in [3.63, 3.8) is 0 Å². The molecule has 0 aliphatic carbocycles. The van der Waals surface area contributed by atoms with Crippen LogP contribution in [0.25, 0.3) is 5.69 Å². The van der Waals surface area contributed by atoms with Gasteiger partial charge in [-0.05, 0) is 35.9 Å². The van der Waals surface area contributed by atoms with Gasteiger partial charge in [-0.1, -0.05) is 29.7 Å². The van der Waals surface area contributed by atoms with Gasteiger partial charge < -0.3 is 4.84 Å². The fourth-order valence-corrected chi connectivity index (χ4v) is 1.74. The van der Waals surface area contributed by atoms with Crippen LogP contribution in [-0.4, -0.2) is 25.9 Å². The first kappa shape index (κ1) is 14.3. The number of nitrogens with one attached hydrogen (secondary N) is 1. The number of halogens is 1. The molecule has 106 valence electrons. The largest absolute Gasteiger partial charge is 0.391 e. The van der Waals surface area contributed by atoms with Crippen molar-refractivity contribution in [2.24, 2.45) is 5.16 Å². The van der Waals surface area contributed by atoms with Crippen LogP contribution in [0.1, 0.15) is 25.8 Å². The van der Waals surface area contributed by atoms with Crippen LogP contribution in [0.4, 0.5) is 0 Å². The zero-order valence-electron chi connectivity index (χ0n) is 11.1. The topological polar surface area (TPSA) is 85.2 Å². The molecule has 0 saturated carbocycles. The highest BCUT2D eigenvalue weighted by Gasteiger charge is 2.12. The summed E-state index contributed by atoms with van der Waals surface area (Å²) in [7, 11) is 0. The molecule has 7 nitrogen and oxygen atoms in total. The normalized spacial score (nSPS) is 11.7. The number of aromatic nitrogens is 4. The summed E-state index contributed by atoms with van der Waals surface area (Å²) in [6.07, 6.45) is 0.804. The third-order valence-corrected chi connectivity index (χ3v) is 3.09. The van der Waals surface area contributed by atoms with Gasteiger partial charge in [0.1, 0.15) is 6.61 Å². The van der Waals surface area contributed by atoms with Crippen molar-refractivity contribution in [2.75, 3.05) is 0 Å². The van der Waals surface area contributed by atoms with Crippen molar-refractivity contribution >= 4 is 17.3 Å². The molecule has 1 aromatic carbocycles. The van der Waals surface area contributed by atoms with Crippen molar-refractivity contribution < 1.29 is 4.84 Å². The highest BCUT2D eigenvalue weighted by molar-refractivity contribution is 6.31. The van der Waals surface area contributed by atoms with E-state index < -0.39 is 5.69 Å². The van der Waals surface area contributed by atoms with Gasteiger partial charge >= 0.3 is 5.69 Å². The van der Waals surface area contributed by atoms with Gasteiger partial charge in [0.25, 0.3) is 0 Å². The molecule has 0 bridgehead atoms. The van der Waals surface area contributed by atoms with Crippen LogP contribution < -0.4 is 5.69 Å². The predicted molar refractivity (Wildman–Crippen MR) is 75.2 cm³/mol. The summed E-state index contributed by atoms with van der Waals surface area (Å²) in [6.45, 7) is 4.00. The van der Waals surface area contributed by atoms with E-state index >= 15 is 0 Å². The van der Waals surface area contributed by atoms with E-state index in [0.717, 1.165) is 16.8 Å². The van der Waals surface area contributed by atoms with Gasteiger partial charge in [0.05, 0.1) is 11.4 Å². The molecule has 0 atom stereocenters. The third kappa shape index (κ3) is 3.05. The zero-order valence-corrected chi connectivity index (χ0v) is 11.9. The van der Waals surface area contributed by atoms with Gasteiger partial charge in [0.15, 0.2) is 0 Å². The molecule has 0 fully saturated rings. The molecule has 8 heteroatoms. The summed E-state index contributed by atoms with van der Waals surface area (Å²) < 4.78 is 1.13. The van der Waals surface area contributed by atoms with Crippen LogP contribution in [0.2, 0.25) is 5.02 Å². The van der Waals surface area contributed by atoms with Gasteiger partial charge in [0.2, 0.25) is 0 Å². The number of oxime groups is 1. The third-order valence-electron chi connectivity index (χ3n) is 2.74. The molecule has 0 amide bonds. The Balaban J connectivity index is 2.33. The van der Waals surface area contributed by atoms with E-state index in [1.165, 1.54) is 0 Å². The average Bonchev–Trinajstić information content (AvgIpc) is 2.86. The van der Waals surface area contributed by atoms with Crippen molar-refractivity contribution in [1.29, 1.82) is 0 Å². The maximum atomic E-state index is 11.6. The first-order valence-electron chi connectivity index (χ1n) is 6.07. The monoisotopic (exact) mass is 295 g/mol. The number of rotatable bonds is 5. The Kier molecular flexibility index (Phi) is 4.52. The molecule has 2 rings (SSSR count). The molecule has 20 heavy (non-hydrogen) atoms. The molecule has 0 spiro atoms. The average molecular weight is 296 g/mol. The van der Waals surface area contributed by atoms with Gasteiger partial charge in [-0.2, -0.15) is 4.68 Å². The van der Waals surface area contributed by atoms with E-state index in [4.69, 9.17) is 16.4 Å². The maximum absolute atomic E-state index is 11.6. The minimum Gasteiger partial charge on any atom is -0.391 e. The summed E-state index contributed by atoms with van der Waals surface area (Å²) in [5.74, 6) is 0. The smallest absolute Gasteiger partial charge is 0.365 e. The lowest BCUT2D eigenvalue weighted by Gasteiger charge is -2.09. The summed E-state index contributed by atoms with van der Waals surface area (Å²) >= 11 is 6.15. The highest BCUT2D eigenvalue weighted by Crippen LogP contribution is 2.22. The predicted octanol–water partition coefficient (Wildman–Crippen LogP) is 1.91. The number of hydrogen-bond acceptors (Lipinski definition) is 5. The van der Waals surface area contributed by atoms with E-state index in [0.29, 0.717) is 16.3 Å². The molecule has 0 aliphatic rings. The van der Waals surface area contributed by atoms with Crippen LogP contribution in [0.3, 0.4) is 0 Å². The molecule has 0 radical (unpaired) electrons. The second-order valence-electron chi connectivity index (χ2n) is 4.11. The number of benzene rings is 1. The second-order valence-corrected chi connectivity index (χ2v) is 4.52. The van der Waals surface area contributed by atoms with Gasteiger partial charge in [-0.3, -0.25) is 0 Å². The second kappa shape index (κ2) is 6.33. The number of nitrogens with zero attached hydrogens (tertiary/aromatic N) is 4. The van der Waals surface area contributed by atoms with Crippen LogP contribution in [0, 0.1) is 0 Å². The lowest BCUT2D eigenvalue weighted by atomic mass is 10.2. The minimum absolute atomic E-state index is 0.144. The summed E-state index contributed by atoms with van der Waals surface area (Å²) in [5, 5.41) is 13.8. The Morgan fingerprint density at radius 2 is 2.35 bits per heavy atom. The SMILES string of the molecule is CCC(C)=NOCc1c(Cl)cccc1-n1nn[nH]c1=O. The van der Waals surface area contributed by atoms with Crippen molar-refractivity contribution in [3.8, 4) is 5.69 Å². The molecular weight excluding hydrogens is 282 g/mol. The van der Waals surface area contributed by atoms with Crippen LogP contribution in [0.15, 0.2) is 28.1 Å². The Hall–Kier alpha value is -2.15. The van der Waals surface area contributed by atoms with Crippen molar-refractivity contribution in [1.82, 2.24) is 20.2 Å². The van der Waals surface area contributed by atoms with E-state index in [1.54, 1.807) is 18.2 Å². The molecule has 2 aromatic rings. The van der Waals surface area contributed by atoms with Crippen molar-refractivity contribution in [3.05, 3.63) is 39.3 Å². The number of H-pyrrole nitrogens is 1. The molecule has 1 aromatic heterocycles. The van der Waals surface area contributed by atoms with Gasteiger partial charge in [-0.25, -0.2) is 9.89 Å². The summed E-state index contributed by atoms with van der Waals surface area (Å²) in [6, 6.07) is 5.15. The lowest BCUT2D eigenvalue weighted by Crippen LogP contribution is -2.18. The summed E-state index contributed by atoms with van der Waals surface area (Å²) in [5.41, 5.74) is 1.57. The first-order chi connectivity index (χ1) is 9.63. The fraction of sp³-hybridized carbons (Fsp3) is 0.333. The van der Waals surface area contributed by atoms with Gasteiger partial charge in [-0.15, -0.1) is 0 Å². The van der Waals surface area contributed by atoms with Gasteiger partial charge in [0, 0.05) is 10.6 Å². The Labute approximate surface area is 120 Å². The van der Waals surface area contributed by atoms with E-state index in [1.807, 2.05) is 13.8 Å². The van der Waals surface area contributed by atoms with Crippen LogP contribution in [0.5, 0.6) is 0 Å². The molecule has 1 heterocycles. The Bertz CT molecular complexity index is 676. The number of hydrogen-bond donors (Lipinski definition) is 1. The number of tetrazole rings is 1. The van der Waals surface area contributed by atoms with Crippen LogP contribution >= 0.6 is 11.6 Å².